The van der Waals surface area contributed by atoms with Crippen molar-refractivity contribution in [2.45, 2.75) is 25.4 Å². The van der Waals surface area contributed by atoms with Gasteiger partial charge in [0.05, 0.1) is 24.0 Å². The third-order valence-electron chi connectivity index (χ3n) is 3.39. The molecular formula is C14H13ClF2N4. The third-order valence-corrected chi connectivity index (χ3v) is 3.63. The summed E-state index contributed by atoms with van der Waals surface area (Å²) in [6, 6.07) is 4.17. The first-order valence-electron chi connectivity index (χ1n) is 6.50. The van der Waals surface area contributed by atoms with Gasteiger partial charge in [-0.3, -0.25) is 4.68 Å². The smallest absolute Gasteiger partial charge is 0.184 e. The maximum absolute atomic E-state index is 14.1. The van der Waals surface area contributed by atoms with Crippen molar-refractivity contribution in [3.63, 3.8) is 0 Å². The fraction of sp³-hybridized carbons (Fsp3) is 0.286. The Hall–Kier alpha value is -1.95. The standard InChI is InChI=1S/C14H13ClF2N4/c1-9(8-20-6-2-5-18-20)21-12(7-15)19-11-4-3-10(16)13(17)14(11)21/h2-6,9H,7-8H2,1H3. The van der Waals surface area contributed by atoms with Crippen LogP contribution in [-0.4, -0.2) is 19.3 Å². The summed E-state index contributed by atoms with van der Waals surface area (Å²) in [7, 11) is 0. The van der Waals surface area contributed by atoms with Gasteiger partial charge in [0.2, 0.25) is 0 Å². The lowest BCUT2D eigenvalue weighted by Crippen LogP contribution is -2.16. The number of nitrogens with zero attached hydrogens (tertiary/aromatic N) is 4. The number of rotatable bonds is 4. The van der Waals surface area contributed by atoms with Crippen molar-refractivity contribution in [1.82, 2.24) is 19.3 Å². The lowest BCUT2D eigenvalue weighted by molar-refractivity contribution is 0.431. The van der Waals surface area contributed by atoms with E-state index in [-0.39, 0.29) is 17.4 Å². The molecule has 2 aromatic heterocycles. The predicted molar refractivity (Wildman–Crippen MR) is 76.1 cm³/mol. The molecule has 3 rings (SSSR count). The highest BCUT2D eigenvalue weighted by molar-refractivity contribution is 6.16. The SMILES string of the molecule is CC(Cn1cccn1)n1c(CCl)nc2ccc(F)c(F)c21. The van der Waals surface area contributed by atoms with Gasteiger partial charge in [-0.05, 0) is 25.1 Å². The molecule has 1 aromatic carbocycles. The van der Waals surface area contributed by atoms with Gasteiger partial charge in [0.1, 0.15) is 11.3 Å². The van der Waals surface area contributed by atoms with Crippen LogP contribution in [0.4, 0.5) is 8.78 Å². The van der Waals surface area contributed by atoms with Gasteiger partial charge in [-0.15, -0.1) is 11.6 Å². The molecule has 1 atom stereocenters. The minimum Gasteiger partial charge on any atom is -0.320 e. The minimum atomic E-state index is -0.899. The molecule has 0 aliphatic heterocycles. The molecule has 21 heavy (non-hydrogen) atoms. The monoisotopic (exact) mass is 310 g/mol. The van der Waals surface area contributed by atoms with Crippen molar-refractivity contribution in [3.05, 3.63) is 48.1 Å². The molecule has 0 saturated carbocycles. The molecule has 1 unspecified atom stereocenters. The quantitative estimate of drug-likeness (QED) is 0.691. The molecule has 0 N–H and O–H groups in total. The van der Waals surface area contributed by atoms with E-state index in [0.717, 1.165) is 6.07 Å². The molecule has 7 heteroatoms. The molecule has 0 saturated heterocycles. The second-order valence-electron chi connectivity index (χ2n) is 4.84. The molecule has 0 radical (unpaired) electrons. The van der Waals surface area contributed by atoms with E-state index in [2.05, 4.69) is 10.1 Å². The Kier molecular flexibility index (Phi) is 3.63. The van der Waals surface area contributed by atoms with E-state index in [0.29, 0.717) is 17.9 Å². The van der Waals surface area contributed by atoms with Gasteiger partial charge in [-0.1, -0.05) is 0 Å². The van der Waals surface area contributed by atoms with Gasteiger partial charge in [0.25, 0.3) is 0 Å². The van der Waals surface area contributed by atoms with Crippen LogP contribution in [0.1, 0.15) is 18.8 Å². The third kappa shape index (κ3) is 2.40. The highest BCUT2D eigenvalue weighted by Gasteiger charge is 2.20. The van der Waals surface area contributed by atoms with Gasteiger partial charge >= 0.3 is 0 Å². The largest absolute Gasteiger partial charge is 0.320 e. The second-order valence-corrected chi connectivity index (χ2v) is 5.11. The van der Waals surface area contributed by atoms with Gasteiger partial charge in [0.15, 0.2) is 11.6 Å². The van der Waals surface area contributed by atoms with Crippen LogP contribution in [-0.2, 0) is 12.4 Å². The van der Waals surface area contributed by atoms with Crippen LogP contribution in [0.25, 0.3) is 11.0 Å². The molecule has 0 aliphatic carbocycles. The van der Waals surface area contributed by atoms with Crippen molar-refractivity contribution in [1.29, 1.82) is 0 Å². The number of alkyl halides is 1. The number of fused-ring (bicyclic) bond motifs is 1. The zero-order valence-electron chi connectivity index (χ0n) is 11.3. The molecule has 0 aliphatic rings. The summed E-state index contributed by atoms with van der Waals surface area (Å²) in [4.78, 5) is 4.28. The van der Waals surface area contributed by atoms with Crippen LogP contribution >= 0.6 is 11.6 Å². The fourth-order valence-corrected chi connectivity index (χ4v) is 2.69. The van der Waals surface area contributed by atoms with E-state index in [1.807, 2.05) is 13.1 Å². The van der Waals surface area contributed by atoms with Gasteiger partial charge in [0, 0.05) is 12.4 Å². The average molecular weight is 311 g/mol. The van der Waals surface area contributed by atoms with E-state index in [9.17, 15) is 8.78 Å². The Labute approximate surface area is 125 Å². The van der Waals surface area contributed by atoms with Crippen molar-refractivity contribution in [3.8, 4) is 0 Å². The first-order chi connectivity index (χ1) is 10.1. The highest BCUT2D eigenvalue weighted by Crippen LogP contribution is 2.27. The van der Waals surface area contributed by atoms with Gasteiger partial charge in [-0.25, -0.2) is 13.8 Å². The Morgan fingerprint density at radius 2 is 2.14 bits per heavy atom. The van der Waals surface area contributed by atoms with Crippen LogP contribution in [0.2, 0.25) is 0 Å². The van der Waals surface area contributed by atoms with Gasteiger partial charge < -0.3 is 4.57 Å². The molecule has 3 aromatic rings. The first kappa shape index (κ1) is 14.0. The number of aromatic nitrogens is 4. The summed E-state index contributed by atoms with van der Waals surface area (Å²) in [5.41, 5.74) is 0.544. The molecule has 0 bridgehead atoms. The molecule has 110 valence electrons. The fourth-order valence-electron chi connectivity index (χ4n) is 2.50. The number of benzene rings is 1. The lowest BCUT2D eigenvalue weighted by atomic mass is 10.2. The summed E-state index contributed by atoms with van der Waals surface area (Å²) >= 11 is 5.90. The minimum absolute atomic E-state index is 0.124. The summed E-state index contributed by atoms with van der Waals surface area (Å²) < 4.78 is 31.0. The van der Waals surface area contributed by atoms with Crippen LogP contribution < -0.4 is 0 Å². The zero-order valence-corrected chi connectivity index (χ0v) is 12.1. The molecule has 0 fully saturated rings. The topological polar surface area (TPSA) is 35.6 Å². The molecule has 0 spiro atoms. The summed E-state index contributed by atoms with van der Waals surface area (Å²) in [5.74, 6) is -1.16. The van der Waals surface area contributed by atoms with Crippen LogP contribution in [0.3, 0.4) is 0 Å². The van der Waals surface area contributed by atoms with Crippen LogP contribution in [0.5, 0.6) is 0 Å². The van der Waals surface area contributed by atoms with Crippen molar-refractivity contribution < 1.29 is 8.78 Å². The Balaban J connectivity index is 2.13. The molecular weight excluding hydrogens is 298 g/mol. The Morgan fingerprint density at radius 1 is 1.33 bits per heavy atom. The summed E-state index contributed by atoms with van der Waals surface area (Å²) in [6.07, 6.45) is 3.48. The second kappa shape index (κ2) is 5.44. The molecule has 2 heterocycles. The van der Waals surface area contributed by atoms with E-state index in [1.54, 1.807) is 21.5 Å². The maximum Gasteiger partial charge on any atom is 0.184 e. The summed E-state index contributed by atoms with van der Waals surface area (Å²) in [5, 5.41) is 4.12. The zero-order chi connectivity index (χ0) is 15.0. The number of imidazole rings is 1. The van der Waals surface area contributed by atoms with Crippen LogP contribution in [0.15, 0.2) is 30.6 Å². The number of hydrogen-bond donors (Lipinski definition) is 0. The van der Waals surface area contributed by atoms with E-state index >= 15 is 0 Å². The van der Waals surface area contributed by atoms with Crippen LogP contribution in [0, 0.1) is 11.6 Å². The van der Waals surface area contributed by atoms with Crippen molar-refractivity contribution >= 4 is 22.6 Å². The summed E-state index contributed by atoms with van der Waals surface area (Å²) in [6.45, 7) is 2.40. The first-order valence-corrected chi connectivity index (χ1v) is 7.03. The Bertz CT molecular complexity index is 767. The van der Waals surface area contributed by atoms with E-state index in [4.69, 9.17) is 11.6 Å². The number of halogens is 3. The van der Waals surface area contributed by atoms with E-state index < -0.39 is 11.6 Å². The number of hydrogen-bond acceptors (Lipinski definition) is 2. The van der Waals surface area contributed by atoms with Gasteiger partial charge in [-0.2, -0.15) is 5.10 Å². The average Bonchev–Trinajstić information content (AvgIpc) is 3.09. The normalized spacial score (nSPS) is 13.0. The highest BCUT2D eigenvalue weighted by atomic mass is 35.5. The lowest BCUT2D eigenvalue weighted by Gasteiger charge is -2.17. The Morgan fingerprint density at radius 3 is 2.81 bits per heavy atom. The van der Waals surface area contributed by atoms with Crippen molar-refractivity contribution in [2.75, 3.05) is 0 Å². The predicted octanol–water partition coefficient (Wildman–Crippen LogP) is 3.51. The van der Waals surface area contributed by atoms with E-state index in [1.165, 1.54) is 6.07 Å². The maximum atomic E-state index is 14.1. The molecule has 4 nitrogen and oxygen atoms in total. The molecule has 0 amide bonds. The van der Waals surface area contributed by atoms with Crippen molar-refractivity contribution in [2.24, 2.45) is 0 Å².